The number of fused-ring (bicyclic) bond motifs is 2. The van der Waals surface area contributed by atoms with Crippen molar-refractivity contribution in [2.45, 2.75) is 29.1 Å². The third-order valence-corrected chi connectivity index (χ3v) is 6.58. The van der Waals surface area contributed by atoms with Crippen LogP contribution in [0.5, 0.6) is 0 Å². The first-order valence-corrected chi connectivity index (χ1v) is 10.6. The van der Waals surface area contributed by atoms with E-state index >= 15 is 0 Å². The van der Waals surface area contributed by atoms with Gasteiger partial charge >= 0.3 is 0 Å². The first-order chi connectivity index (χ1) is 13.3. The van der Waals surface area contributed by atoms with Crippen LogP contribution in [0.25, 0.3) is 0 Å². The highest BCUT2D eigenvalue weighted by molar-refractivity contribution is 7.99. The topological polar surface area (TPSA) is 35.6 Å². The molecule has 1 unspecified atom stereocenters. The van der Waals surface area contributed by atoms with Crippen LogP contribution < -0.4 is 10.2 Å². The second-order valence-corrected chi connectivity index (χ2v) is 8.43. The van der Waals surface area contributed by atoms with Gasteiger partial charge in [-0.25, -0.2) is 0 Å². The van der Waals surface area contributed by atoms with Crippen molar-refractivity contribution in [2.75, 3.05) is 38.1 Å². The minimum Gasteiger partial charge on any atom is -0.342 e. The predicted molar refractivity (Wildman–Crippen MR) is 112 cm³/mol. The summed E-state index contributed by atoms with van der Waals surface area (Å²) < 4.78 is 0. The third kappa shape index (κ3) is 3.99. The normalized spacial score (nSPS) is 18.8. The molecule has 2 aliphatic rings. The Balaban J connectivity index is 1.47. The number of hydrogen-bond donors (Lipinski definition) is 1. The van der Waals surface area contributed by atoms with Crippen molar-refractivity contribution in [3.63, 3.8) is 0 Å². The standard InChI is InChI=1S/C22H27N3OS/c1-23-15-17-7-6-13-24(16-17)22(26)12-14-25-18-8-2-4-10-20(18)27-21-11-5-3-9-19(21)25/h2-5,8-11,17,23H,6-7,12-16H2,1H3. The lowest BCUT2D eigenvalue weighted by Gasteiger charge is -2.35. The average Bonchev–Trinajstić information content (AvgIpc) is 2.71. The van der Waals surface area contributed by atoms with Crippen molar-refractivity contribution in [2.24, 2.45) is 5.92 Å². The van der Waals surface area contributed by atoms with Gasteiger partial charge in [0.15, 0.2) is 0 Å². The highest BCUT2D eigenvalue weighted by Crippen LogP contribution is 2.47. The minimum absolute atomic E-state index is 0.281. The fourth-order valence-electron chi connectivity index (χ4n) is 4.13. The lowest BCUT2D eigenvalue weighted by atomic mass is 9.98. The second kappa shape index (κ2) is 8.36. The van der Waals surface area contributed by atoms with E-state index in [2.05, 4.69) is 63.6 Å². The Kier molecular flexibility index (Phi) is 5.69. The van der Waals surface area contributed by atoms with Crippen LogP contribution in [0.1, 0.15) is 19.3 Å². The fraction of sp³-hybridized carbons (Fsp3) is 0.409. The van der Waals surface area contributed by atoms with Crippen molar-refractivity contribution in [1.82, 2.24) is 10.2 Å². The fourth-order valence-corrected chi connectivity index (χ4v) is 5.23. The van der Waals surface area contributed by atoms with Gasteiger partial charge in [0, 0.05) is 35.8 Å². The molecule has 2 aromatic carbocycles. The first-order valence-electron chi connectivity index (χ1n) is 9.82. The highest BCUT2D eigenvalue weighted by Gasteiger charge is 2.26. The van der Waals surface area contributed by atoms with Crippen LogP contribution in [-0.2, 0) is 4.79 Å². The van der Waals surface area contributed by atoms with Gasteiger partial charge in [0.05, 0.1) is 11.4 Å². The number of carbonyl (C=O) groups is 1. The number of anilines is 2. The highest BCUT2D eigenvalue weighted by atomic mass is 32.2. The Morgan fingerprint density at radius 3 is 2.44 bits per heavy atom. The summed E-state index contributed by atoms with van der Waals surface area (Å²) >= 11 is 1.81. The number of para-hydroxylation sites is 2. The van der Waals surface area contributed by atoms with Crippen LogP contribution in [-0.4, -0.2) is 44.0 Å². The number of hydrogen-bond acceptors (Lipinski definition) is 4. The van der Waals surface area contributed by atoms with Crippen LogP contribution in [0.3, 0.4) is 0 Å². The minimum atomic E-state index is 0.281. The lowest BCUT2D eigenvalue weighted by molar-refractivity contribution is -0.132. The number of nitrogens with one attached hydrogen (secondary N) is 1. The van der Waals surface area contributed by atoms with Crippen molar-refractivity contribution in [1.29, 1.82) is 0 Å². The number of amides is 1. The summed E-state index contributed by atoms with van der Waals surface area (Å²) in [5.41, 5.74) is 2.42. The zero-order valence-corrected chi connectivity index (χ0v) is 16.7. The number of carbonyl (C=O) groups excluding carboxylic acids is 1. The van der Waals surface area contributed by atoms with E-state index in [1.54, 1.807) is 0 Å². The molecule has 0 aromatic heterocycles. The molecule has 0 aliphatic carbocycles. The second-order valence-electron chi connectivity index (χ2n) is 7.34. The van der Waals surface area contributed by atoms with Crippen molar-refractivity contribution >= 4 is 29.0 Å². The summed E-state index contributed by atoms with van der Waals surface area (Å²) in [6.07, 6.45) is 2.89. The zero-order valence-electron chi connectivity index (χ0n) is 15.9. The van der Waals surface area contributed by atoms with Gasteiger partial charge in [-0.3, -0.25) is 4.79 Å². The van der Waals surface area contributed by atoms with E-state index in [9.17, 15) is 4.79 Å². The van der Waals surface area contributed by atoms with Crippen molar-refractivity contribution in [3.8, 4) is 0 Å². The third-order valence-electron chi connectivity index (χ3n) is 5.45. The summed E-state index contributed by atoms with van der Waals surface area (Å²) in [5.74, 6) is 0.865. The quantitative estimate of drug-likeness (QED) is 0.844. The number of nitrogens with zero attached hydrogens (tertiary/aromatic N) is 2. The molecule has 0 radical (unpaired) electrons. The molecule has 5 heteroatoms. The van der Waals surface area contributed by atoms with Crippen LogP contribution in [0.4, 0.5) is 11.4 Å². The Morgan fingerprint density at radius 1 is 1.11 bits per heavy atom. The first kappa shape index (κ1) is 18.4. The van der Waals surface area contributed by atoms with E-state index in [1.807, 2.05) is 18.8 Å². The Bertz CT molecular complexity index is 762. The van der Waals surface area contributed by atoms with Crippen LogP contribution in [0.2, 0.25) is 0 Å². The Hall–Kier alpha value is -1.98. The summed E-state index contributed by atoms with van der Waals surface area (Å²) in [5, 5.41) is 3.25. The molecule has 2 heterocycles. The lowest BCUT2D eigenvalue weighted by Crippen LogP contribution is -2.43. The van der Waals surface area contributed by atoms with Gasteiger partial charge in [-0.15, -0.1) is 0 Å². The van der Waals surface area contributed by atoms with Crippen molar-refractivity contribution in [3.05, 3.63) is 48.5 Å². The summed E-state index contributed by atoms with van der Waals surface area (Å²) in [6, 6.07) is 17.0. The molecule has 4 nitrogen and oxygen atoms in total. The number of piperidine rings is 1. The maximum Gasteiger partial charge on any atom is 0.224 e. The zero-order chi connectivity index (χ0) is 18.6. The molecule has 142 valence electrons. The molecule has 2 aliphatic heterocycles. The molecule has 0 spiro atoms. The van der Waals surface area contributed by atoms with E-state index in [0.29, 0.717) is 12.3 Å². The van der Waals surface area contributed by atoms with Gasteiger partial charge in [-0.05, 0) is 56.6 Å². The molecule has 0 saturated carbocycles. The molecule has 1 saturated heterocycles. The van der Waals surface area contributed by atoms with E-state index in [-0.39, 0.29) is 5.91 Å². The number of rotatable bonds is 5. The molecule has 1 atom stereocenters. The smallest absolute Gasteiger partial charge is 0.224 e. The average molecular weight is 382 g/mol. The number of likely N-dealkylation sites (tertiary alicyclic amines) is 1. The molecule has 1 N–H and O–H groups in total. The molecular weight excluding hydrogens is 354 g/mol. The molecular formula is C22H27N3OS. The van der Waals surface area contributed by atoms with Crippen LogP contribution >= 0.6 is 11.8 Å². The predicted octanol–water partition coefficient (Wildman–Crippen LogP) is 4.14. The van der Waals surface area contributed by atoms with Gasteiger partial charge < -0.3 is 15.1 Å². The largest absolute Gasteiger partial charge is 0.342 e. The molecule has 1 fully saturated rings. The van der Waals surface area contributed by atoms with E-state index in [4.69, 9.17) is 0 Å². The molecule has 1 amide bonds. The van der Waals surface area contributed by atoms with E-state index in [1.165, 1.54) is 27.6 Å². The molecule has 27 heavy (non-hydrogen) atoms. The SMILES string of the molecule is CNCC1CCCN(C(=O)CCN2c3ccccc3Sc3ccccc32)C1. The van der Waals surface area contributed by atoms with Gasteiger partial charge in [0.25, 0.3) is 0 Å². The Morgan fingerprint density at radius 2 is 1.78 bits per heavy atom. The summed E-state index contributed by atoms with van der Waals surface area (Å²) in [7, 11) is 1.99. The van der Waals surface area contributed by atoms with Gasteiger partial charge in [-0.1, -0.05) is 36.0 Å². The number of benzene rings is 2. The summed E-state index contributed by atoms with van der Waals surface area (Å²) in [6.45, 7) is 3.51. The van der Waals surface area contributed by atoms with Gasteiger partial charge in [-0.2, -0.15) is 0 Å². The maximum absolute atomic E-state index is 12.9. The van der Waals surface area contributed by atoms with Crippen LogP contribution in [0, 0.1) is 5.92 Å². The maximum atomic E-state index is 12.9. The monoisotopic (exact) mass is 381 g/mol. The molecule has 2 aromatic rings. The van der Waals surface area contributed by atoms with Crippen LogP contribution in [0.15, 0.2) is 58.3 Å². The summed E-state index contributed by atoms with van der Waals surface area (Å²) in [4.78, 5) is 19.8. The van der Waals surface area contributed by atoms with E-state index < -0.39 is 0 Å². The van der Waals surface area contributed by atoms with E-state index in [0.717, 1.165) is 32.6 Å². The van der Waals surface area contributed by atoms with Gasteiger partial charge in [0.2, 0.25) is 5.91 Å². The molecule has 0 bridgehead atoms. The molecule has 4 rings (SSSR count). The Labute approximate surface area is 165 Å². The van der Waals surface area contributed by atoms with Crippen molar-refractivity contribution < 1.29 is 4.79 Å². The van der Waals surface area contributed by atoms with Gasteiger partial charge in [0.1, 0.15) is 0 Å².